The van der Waals surface area contributed by atoms with Crippen LogP contribution in [0.4, 0.5) is 5.69 Å². The number of rotatable bonds is 1. The standard InChI is InChI=1S/C14H18Br2N2O/c15-10-4-9-7-18(8-17-14(9)13(16)5-10)11-2-1-3-12(19)6-11/h4-5,11-12,17,19H,1-3,6-8H2. The summed E-state index contributed by atoms with van der Waals surface area (Å²) in [5, 5.41) is 13.3. The third-order valence-corrected chi connectivity index (χ3v) is 5.19. The summed E-state index contributed by atoms with van der Waals surface area (Å²) in [5.41, 5.74) is 2.52. The molecule has 2 unspecified atom stereocenters. The van der Waals surface area contributed by atoms with Crippen LogP contribution >= 0.6 is 31.9 Å². The SMILES string of the molecule is OC1CCCC(N2CNc3c(Br)cc(Br)cc3C2)C1. The van der Waals surface area contributed by atoms with Crippen LogP contribution in [0.2, 0.25) is 0 Å². The molecule has 0 saturated heterocycles. The van der Waals surface area contributed by atoms with Crippen molar-refractivity contribution >= 4 is 37.5 Å². The first-order valence-electron chi connectivity index (χ1n) is 6.77. The van der Waals surface area contributed by atoms with E-state index in [-0.39, 0.29) is 6.10 Å². The summed E-state index contributed by atoms with van der Waals surface area (Å²) in [7, 11) is 0. The van der Waals surface area contributed by atoms with E-state index in [1.807, 2.05) is 0 Å². The lowest BCUT2D eigenvalue weighted by Crippen LogP contribution is -2.44. The van der Waals surface area contributed by atoms with Gasteiger partial charge in [0.15, 0.2) is 0 Å². The molecule has 1 fully saturated rings. The van der Waals surface area contributed by atoms with E-state index in [1.165, 1.54) is 17.7 Å². The molecule has 1 heterocycles. The van der Waals surface area contributed by atoms with Gasteiger partial charge in [-0.25, -0.2) is 0 Å². The Kier molecular flexibility index (Phi) is 4.17. The van der Waals surface area contributed by atoms with Crippen molar-refractivity contribution in [2.24, 2.45) is 0 Å². The van der Waals surface area contributed by atoms with Crippen molar-refractivity contribution in [1.82, 2.24) is 4.90 Å². The first kappa shape index (κ1) is 13.9. The summed E-state index contributed by atoms with van der Waals surface area (Å²) in [5.74, 6) is 0. The maximum absolute atomic E-state index is 9.83. The monoisotopic (exact) mass is 388 g/mol. The predicted molar refractivity (Wildman–Crippen MR) is 84.1 cm³/mol. The largest absolute Gasteiger partial charge is 0.393 e. The van der Waals surface area contributed by atoms with Gasteiger partial charge in [-0.1, -0.05) is 15.9 Å². The molecule has 2 N–H and O–H groups in total. The molecule has 0 radical (unpaired) electrons. The normalized spacial score (nSPS) is 27.7. The second-order valence-corrected chi connectivity index (χ2v) is 7.25. The molecule has 0 bridgehead atoms. The summed E-state index contributed by atoms with van der Waals surface area (Å²) >= 11 is 7.16. The van der Waals surface area contributed by atoms with E-state index in [0.717, 1.165) is 41.4 Å². The molecule has 1 saturated carbocycles. The van der Waals surface area contributed by atoms with E-state index in [9.17, 15) is 5.11 Å². The molecule has 104 valence electrons. The number of aliphatic hydroxyl groups excluding tert-OH is 1. The first-order chi connectivity index (χ1) is 9.13. The van der Waals surface area contributed by atoms with Crippen LogP contribution in [0.25, 0.3) is 0 Å². The zero-order valence-corrected chi connectivity index (χ0v) is 13.9. The number of fused-ring (bicyclic) bond motifs is 1. The quantitative estimate of drug-likeness (QED) is 0.768. The molecule has 0 amide bonds. The van der Waals surface area contributed by atoms with Gasteiger partial charge in [-0.2, -0.15) is 0 Å². The number of aliphatic hydroxyl groups is 1. The van der Waals surface area contributed by atoms with E-state index in [4.69, 9.17) is 0 Å². The Labute approximate surface area is 130 Å². The third kappa shape index (κ3) is 2.99. The molecule has 3 rings (SSSR count). The highest BCUT2D eigenvalue weighted by atomic mass is 79.9. The average molecular weight is 390 g/mol. The van der Waals surface area contributed by atoms with Gasteiger partial charge in [0.25, 0.3) is 0 Å². The Morgan fingerprint density at radius 3 is 2.89 bits per heavy atom. The fourth-order valence-corrected chi connectivity index (χ4v) is 4.59. The summed E-state index contributed by atoms with van der Waals surface area (Å²) in [6.07, 6.45) is 4.09. The molecule has 5 heteroatoms. The number of anilines is 1. The minimum absolute atomic E-state index is 0.116. The van der Waals surface area contributed by atoms with Crippen LogP contribution in [-0.2, 0) is 6.54 Å². The predicted octanol–water partition coefficient (Wildman–Crippen LogP) is 3.70. The second-order valence-electron chi connectivity index (χ2n) is 5.48. The van der Waals surface area contributed by atoms with Crippen molar-refractivity contribution in [3.63, 3.8) is 0 Å². The minimum Gasteiger partial charge on any atom is -0.393 e. The maximum atomic E-state index is 9.83. The molecule has 1 aromatic rings. The number of hydrogen-bond donors (Lipinski definition) is 2. The van der Waals surface area contributed by atoms with Crippen molar-refractivity contribution in [2.45, 2.75) is 44.4 Å². The van der Waals surface area contributed by atoms with Crippen molar-refractivity contribution in [3.05, 3.63) is 26.6 Å². The molecule has 0 spiro atoms. The number of halogens is 2. The van der Waals surface area contributed by atoms with Crippen molar-refractivity contribution in [3.8, 4) is 0 Å². The van der Waals surface area contributed by atoms with Crippen LogP contribution in [0.5, 0.6) is 0 Å². The van der Waals surface area contributed by atoms with Gasteiger partial charge in [0.2, 0.25) is 0 Å². The van der Waals surface area contributed by atoms with Crippen LogP contribution in [0.1, 0.15) is 31.2 Å². The van der Waals surface area contributed by atoms with Crippen molar-refractivity contribution in [2.75, 3.05) is 12.0 Å². The van der Waals surface area contributed by atoms with E-state index in [0.29, 0.717) is 6.04 Å². The Balaban J connectivity index is 1.78. The van der Waals surface area contributed by atoms with E-state index >= 15 is 0 Å². The molecule has 19 heavy (non-hydrogen) atoms. The zero-order valence-electron chi connectivity index (χ0n) is 10.7. The lowest BCUT2D eigenvalue weighted by atomic mass is 9.91. The van der Waals surface area contributed by atoms with Gasteiger partial charge in [-0.3, -0.25) is 4.90 Å². The van der Waals surface area contributed by atoms with E-state index < -0.39 is 0 Å². The molecule has 3 nitrogen and oxygen atoms in total. The fraction of sp³-hybridized carbons (Fsp3) is 0.571. The molecule has 0 aromatic heterocycles. The average Bonchev–Trinajstić information content (AvgIpc) is 2.37. The van der Waals surface area contributed by atoms with Crippen LogP contribution < -0.4 is 5.32 Å². The highest BCUT2D eigenvalue weighted by Crippen LogP contribution is 2.35. The third-order valence-electron chi connectivity index (χ3n) is 4.10. The van der Waals surface area contributed by atoms with Crippen LogP contribution in [0.15, 0.2) is 21.1 Å². The molecule has 2 aliphatic rings. The molecule has 1 aliphatic heterocycles. The number of benzene rings is 1. The Morgan fingerprint density at radius 2 is 2.11 bits per heavy atom. The van der Waals surface area contributed by atoms with Gasteiger partial charge < -0.3 is 10.4 Å². The van der Waals surface area contributed by atoms with E-state index in [1.54, 1.807) is 0 Å². The number of nitrogens with one attached hydrogen (secondary N) is 1. The molecule has 2 atom stereocenters. The lowest BCUT2D eigenvalue weighted by Gasteiger charge is -2.39. The summed E-state index contributed by atoms with van der Waals surface area (Å²) < 4.78 is 2.21. The topological polar surface area (TPSA) is 35.5 Å². The fourth-order valence-electron chi connectivity index (χ4n) is 3.13. The zero-order chi connectivity index (χ0) is 13.4. The van der Waals surface area contributed by atoms with Gasteiger partial charge in [0.1, 0.15) is 0 Å². The van der Waals surface area contributed by atoms with E-state index in [2.05, 4.69) is 54.2 Å². The number of nitrogens with zero attached hydrogens (tertiary/aromatic N) is 1. The lowest BCUT2D eigenvalue weighted by molar-refractivity contribution is 0.0599. The summed E-state index contributed by atoms with van der Waals surface area (Å²) in [6, 6.07) is 4.76. The molecular formula is C14H18Br2N2O. The van der Waals surface area contributed by atoms with Gasteiger partial charge in [-0.15, -0.1) is 0 Å². The van der Waals surface area contributed by atoms with Crippen molar-refractivity contribution in [1.29, 1.82) is 0 Å². The van der Waals surface area contributed by atoms with Crippen molar-refractivity contribution < 1.29 is 5.11 Å². The minimum atomic E-state index is -0.116. The summed E-state index contributed by atoms with van der Waals surface area (Å²) in [6.45, 7) is 1.82. The Bertz CT molecular complexity index is 481. The highest BCUT2D eigenvalue weighted by Gasteiger charge is 2.28. The van der Waals surface area contributed by atoms with Crippen LogP contribution in [0, 0.1) is 0 Å². The Morgan fingerprint density at radius 1 is 1.26 bits per heavy atom. The maximum Gasteiger partial charge on any atom is 0.0684 e. The first-order valence-corrected chi connectivity index (χ1v) is 8.36. The van der Waals surface area contributed by atoms with Gasteiger partial charge in [-0.05, 0) is 59.3 Å². The van der Waals surface area contributed by atoms with Gasteiger partial charge >= 0.3 is 0 Å². The molecular weight excluding hydrogens is 372 g/mol. The summed E-state index contributed by atoms with van der Waals surface area (Å²) in [4.78, 5) is 2.45. The molecule has 1 aromatic carbocycles. The van der Waals surface area contributed by atoms with Crippen LogP contribution in [0.3, 0.4) is 0 Å². The van der Waals surface area contributed by atoms with Crippen LogP contribution in [-0.4, -0.2) is 28.8 Å². The van der Waals surface area contributed by atoms with Gasteiger partial charge in [0, 0.05) is 21.5 Å². The molecule has 1 aliphatic carbocycles. The highest BCUT2D eigenvalue weighted by molar-refractivity contribution is 9.11. The Hall–Kier alpha value is -0.100. The van der Waals surface area contributed by atoms with Gasteiger partial charge in [0.05, 0.1) is 18.5 Å². The second kappa shape index (κ2) is 5.72. The number of hydrogen-bond acceptors (Lipinski definition) is 3. The smallest absolute Gasteiger partial charge is 0.0684 e.